The lowest BCUT2D eigenvalue weighted by Gasteiger charge is -2.22. The molecule has 2 heterocycles. The zero-order chi connectivity index (χ0) is 12.6. The maximum Gasteiger partial charge on any atom is 0.138 e. The summed E-state index contributed by atoms with van der Waals surface area (Å²) >= 11 is 2.18. The van der Waals surface area contributed by atoms with E-state index in [1.807, 2.05) is 6.07 Å². The molecule has 0 bridgehead atoms. The lowest BCUT2D eigenvalue weighted by molar-refractivity contribution is 0.313. The fourth-order valence-corrected chi connectivity index (χ4v) is 3.48. The topological polar surface area (TPSA) is 59.2 Å². The fraction of sp³-hybridized carbons (Fsp3) is 0.545. The van der Waals surface area contributed by atoms with Crippen LogP contribution in [-0.4, -0.2) is 33.9 Å². The van der Waals surface area contributed by atoms with Crippen molar-refractivity contribution in [3.8, 4) is 0 Å². The van der Waals surface area contributed by atoms with Gasteiger partial charge in [-0.25, -0.2) is 4.98 Å². The molecule has 0 spiro atoms. The van der Waals surface area contributed by atoms with E-state index in [1.165, 1.54) is 6.42 Å². The number of hydrogen-bond donors (Lipinski definition) is 1. The second kappa shape index (κ2) is 5.19. The molecule has 6 heteroatoms. The summed E-state index contributed by atoms with van der Waals surface area (Å²) in [4.78, 5) is 6.59. The van der Waals surface area contributed by atoms with Crippen LogP contribution < -0.4 is 5.73 Å². The predicted octanol–water partition coefficient (Wildman–Crippen LogP) is 1.77. The highest BCUT2D eigenvalue weighted by Gasteiger charge is 2.27. The Morgan fingerprint density at radius 2 is 2.35 bits per heavy atom. The Morgan fingerprint density at radius 3 is 2.88 bits per heavy atom. The number of rotatable bonds is 2. The molecule has 0 aliphatic carbocycles. The minimum atomic E-state index is -1.09. The number of pyridine rings is 1. The van der Waals surface area contributed by atoms with E-state index in [0.29, 0.717) is 16.9 Å². The van der Waals surface area contributed by atoms with Gasteiger partial charge in [-0.2, -0.15) is 0 Å². The van der Waals surface area contributed by atoms with Crippen molar-refractivity contribution in [2.24, 2.45) is 0 Å². The lowest BCUT2D eigenvalue weighted by atomic mass is 10.1. The summed E-state index contributed by atoms with van der Waals surface area (Å²) in [6, 6.07) is 2.36. The van der Waals surface area contributed by atoms with Crippen LogP contribution in [0.2, 0.25) is 0 Å². The van der Waals surface area contributed by atoms with Crippen molar-refractivity contribution in [3.63, 3.8) is 0 Å². The molecule has 4 nitrogen and oxygen atoms in total. The SMILES string of the molecule is CN1CCCC1c1cc(I)c(N)nc1S(C)=O. The zero-order valence-corrected chi connectivity index (χ0v) is 12.9. The minimum Gasteiger partial charge on any atom is -0.383 e. The van der Waals surface area contributed by atoms with Gasteiger partial charge in [-0.05, 0) is 55.1 Å². The Labute approximate surface area is 118 Å². The molecule has 2 atom stereocenters. The summed E-state index contributed by atoms with van der Waals surface area (Å²) in [5, 5.41) is 0.640. The zero-order valence-electron chi connectivity index (χ0n) is 9.94. The Bertz CT molecular complexity index is 466. The first-order valence-corrected chi connectivity index (χ1v) is 8.14. The summed E-state index contributed by atoms with van der Waals surface area (Å²) in [5.41, 5.74) is 6.87. The number of anilines is 1. The summed E-state index contributed by atoms with van der Waals surface area (Å²) < 4.78 is 12.7. The Kier molecular flexibility index (Phi) is 4.04. The highest BCUT2D eigenvalue weighted by molar-refractivity contribution is 14.1. The van der Waals surface area contributed by atoms with Gasteiger partial charge in [-0.1, -0.05) is 0 Å². The molecule has 94 valence electrons. The van der Waals surface area contributed by atoms with Gasteiger partial charge in [0.2, 0.25) is 0 Å². The van der Waals surface area contributed by atoms with Gasteiger partial charge in [0.25, 0.3) is 0 Å². The molecule has 1 aliphatic rings. The molecular formula is C11H16IN3OS. The third-order valence-electron chi connectivity index (χ3n) is 3.15. The first-order valence-electron chi connectivity index (χ1n) is 5.50. The standard InChI is InChI=1S/C11H16IN3OS/c1-15-5-3-4-9(15)7-6-8(12)10(13)14-11(7)17(2)16/h6,9H,3-5H2,1-2H3,(H2,13,14). The molecule has 17 heavy (non-hydrogen) atoms. The Morgan fingerprint density at radius 1 is 1.65 bits per heavy atom. The molecule has 0 amide bonds. The first kappa shape index (κ1) is 13.2. The molecule has 1 aromatic heterocycles. The monoisotopic (exact) mass is 365 g/mol. The minimum absolute atomic E-state index is 0.329. The van der Waals surface area contributed by atoms with Crippen LogP contribution in [0.4, 0.5) is 5.82 Å². The predicted molar refractivity (Wildman–Crippen MR) is 78.3 cm³/mol. The third-order valence-corrected chi connectivity index (χ3v) is 4.88. The summed E-state index contributed by atoms with van der Waals surface area (Å²) in [7, 11) is 1.01. The van der Waals surface area contributed by atoms with Crippen molar-refractivity contribution in [1.82, 2.24) is 9.88 Å². The van der Waals surface area contributed by atoms with Crippen LogP contribution in [0.15, 0.2) is 11.1 Å². The molecule has 1 saturated heterocycles. The third kappa shape index (κ3) is 2.63. The molecule has 1 aromatic rings. The highest BCUT2D eigenvalue weighted by Crippen LogP contribution is 2.34. The number of hydrogen-bond acceptors (Lipinski definition) is 4. The normalized spacial score (nSPS) is 22.9. The summed E-state index contributed by atoms with van der Waals surface area (Å²) in [6.45, 7) is 1.08. The van der Waals surface area contributed by atoms with E-state index < -0.39 is 10.8 Å². The van der Waals surface area contributed by atoms with Crippen molar-refractivity contribution in [2.45, 2.75) is 23.9 Å². The molecule has 1 fully saturated rings. The van der Waals surface area contributed by atoms with Gasteiger partial charge in [-0.15, -0.1) is 0 Å². The van der Waals surface area contributed by atoms with Gasteiger partial charge in [-0.3, -0.25) is 9.11 Å². The van der Waals surface area contributed by atoms with E-state index in [9.17, 15) is 4.21 Å². The van der Waals surface area contributed by atoms with E-state index in [4.69, 9.17) is 5.73 Å². The maximum absolute atomic E-state index is 11.8. The number of nitrogens with zero attached hydrogens (tertiary/aromatic N) is 2. The average Bonchev–Trinajstić information content (AvgIpc) is 2.67. The molecule has 0 aromatic carbocycles. The van der Waals surface area contributed by atoms with Crippen LogP contribution in [0, 0.1) is 3.57 Å². The summed E-state index contributed by atoms with van der Waals surface area (Å²) in [5.74, 6) is 0.472. The number of aromatic nitrogens is 1. The smallest absolute Gasteiger partial charge is 0.138 e. The molecule has 0 saturated carbocycles. The second-order valence-corrected chi connectivity index (χ2v) is 6.80. The van der Waals surface area contributed by atoms with E-state index in [0.717, 1.165) is 22.1 Å². The molecular weight excluding hydrogens is 349 g/mol. The fourth-order valence-electron chi connectivity index (χ4n) is 2.27. The van der Waals surface area contributed by atoms with Crippen molar-refractivity contribution in [1.29, 1.82) is 0 Å². The van der Waals surface area contributed by atoms with Crippen LogP contribution in [0.3, 0.4) is 0 Å². The van der Waals surface area contributed by atoms with Gasteiger partial charge in [0.1, 0.15) is 10.8 Å². The van der Waals surface area contributed by atoms with Crippen LogP contribution >= 0.6 is 22.6 Å². The number of nitrogens with two attached hydrogens (primary N) is 1. The molecule has 2 N–H and O–H groups in total. The summed E-state index contributed by atoms with van der Waals surface area (Å²) in [6.07, 6.45) is 3.94. The first-order chi connectivity index (χ1) is 8.00. The Balaban J connectivity index is 2.51. The Hall–Kier alpha value is -0.210. The van der Waals surface area contributed by atoms with E-state index in [1.54, 1.807) is 6.26 Å². The van der Waals surface area contributed by atoms with Crippen LogP contribution in [0.1, 0.15) is 24.4 Å². The van der Waals surface area contributed by atoms with Crippen molar-refractivity contribution in [2.75, 3.05) is 25.6 Å². The quantitative estimate of drug-likeness (QED) is 0.812. The van der Waals surface area contributed by atoms with Crippen molar-refractivity contribution < 1.29 is 4.21 Å². The molecule has 2 rings (SSSR count). The lowest BCUT2D eigenvalue weighted by Crippen LogP contribution is -2.20. The molecule has 1 aliphatic heterocycles. The number of nitrogen functional groups attached to an aromatic ring is 1. The van der Waals surface area contributed by atoms with Crippen molar-refractivity contribution in [3.05, 3.63) is 15.2 Å². The van der Waals surface area contributed by atoms with E-state index in [-0.39, 0.29) is 0 Å². The number of likely N-dealkylation sites (tertiary alicyclic amines) is 1. The molecule has 2 unspecified atom stereocenters. The average molecular weight is 365 g/mol. The maximum atomic E-state index is 11.8. The van der Waals surface area contributed by atoms with Gasteiger partial charge >= 0.3 is 0 Å². The van der Waals surface area contributed by atoms with Gasteiger partial charge in [0, 0.05) is 17.9 Å². The van der Waals surface area contributed by atoms with Crippen molar-refractivity contribution >= 4 is 39.2 Å². The largest absolute Gasteiger partial charge is 0.383 e. The second-order valence-electron chi connectivity index (χ2n) is 4.34. The molecule has 0 radical (unpaired) electrons. The van der Waals surface area contributed by atoms with Gasteiger partial charge < -0.3 is 5.73 Å². The highest BCUT2D eigenvalue weighted by atomic mass is 127. The van der Waals surface area contributed by atoms with Gasteiger partial charge in [0.05, 0.1) is 14.4 Å². The number of halogens is 1. The van der Waals surface area contributed by atoms with Crippen LogP contribution in [0.5, 0.6) is 0 Å². The van der Waals surface area contributed by atoms with E-state index in [2.05, 4.69) is 39.5 Å². The van der Waals surface area contributed by atoms with Crippen LogP contribution in [0.25, 0.3) is 0 Å². The van der Waals surface area contributed by atoms with Gasteiger partial charge in [0.15, 0.2) is 0 Å². The van der Waals surface area contributed by atoms with Crippen LogP contribution in [-0.2, 0) is 10.8 Å². The van der Waals surface area contributed by atoms with E-state index >= 15 is 0 Å².